The first kappa shape index (κ1) is 18.1. The average Bonchev–Trinajstić information content (AvgIpc) is 2.51. The van der Waals surface area contributed by atoms with Crippen LogP contribution in [0.1, 0.15) is 18.4 Å². The Morgan fingerprint density at radius 3 is 2.55 bits per heavy atom. The second-order valence-electron chi connectivity index (χ2n) is 5.60. The first-order chi connectivity index (χ1) is 10.6. The van der Waals surface area contributed by atoms with Gasteiger partial charge in [-0.25, -0.2) is 0 Å². The predicted molar refractivity (Wildman–Crippen MR) is 86.3 cm³/mol. The molecule has 0 aliphatic heterocycles. The molecule has 0 radical (unpaired) electrons. The molecule has 5 N–H and O–H groups in total. The maximum Gasteiger partial charge on any atom is 0.273 e. The van der Waals surface area contributed by atoms with E-state index in [9.17, 15) is 4.79 Å². The summed E-state index contributed by atoms with van der Waals surface area (Å²) in [4.78, 5) is 13.4. The Balaban J connectivity index is 2.18. The van der Waals surface area contributed by atoms with Crippen molar-refractivity contribution in [2.24, 2.45) is 5.16 Å². The maximum atomic E-state index is 12.0. The number of nitrogens with two attached hydrogens (primary N) is 1. The molecule has 0 atom stereocenters. The van der Waals surface area contributed by atoms with E-state index in [0.717, 1.165) is 19.5 Å². The van der Waals surface area contributed by atoms with Gasteiger partial charge in [0, 0.05) is 24.9 Å². The van der Waals surface area contributed by atoms with Crippen molar-refractivity contribution < 1.29 is 20.2 Å². The van der Waals surface area contributed by atoms with Crippen molar-refractivity contribution in [3.63, 3.8) is 0 Å². The summed E-state index contributed by atoms with van der Waals surface area (Å²) in [6.07, 6.45) is 2.10. The maximum absolute atomic E-state index is 12.0. The summed E-state index contributed by atoms with van der Waals surface area (Å²) in [5.41, 5.74) is 0.666. The van der Waals surface area contributed by atoms with Gasteiger partial charge in [-0.1, -0.05) is 35.5 Å². The van der Waals surface area contributed by atoms with Gasteiger partial charge in [0.2, 0.25) is 0 Å². The molecule has 0 bridgehead atoms. The Bertz CT molecular complexity index is 460. The third kappa shape index (κ3) is 7.19. The van der Waals surface area contributed by atoms with Crippen molar-refractivity contribution >= 4 is 11.6 Å². The van der Waals surface area contributed by atoms with Gasteiger partial charge in [-0.2, -0.15) is 0 Å². The molecule has 0 unspecified atom stereocenters. The van der Waals surface area contributed by atoms with Crippen molar-refractivity contribution in [3.8, 4) is 0 Å². The summed E-state index contributed by atoms with van der Waals surface area (Å²) in [5, 5.41) is 17.2. The van der Waals surface area contributed by atoms with Crippen LogP contribution in [0.15, 0.2) is 35.5 Å². The Labute approximate surface area is 132 Å². The lowest BCUT2D eigenvalue weighted by Crippen LogP contribution is -3.06. The quantitative estimate of drug-likeness (QED) is 0.183. The zero-order valence-electron chi connectivity index (χ0n) is 13.5. The first-order valence-corrected chi connectivity index (χ1v) is 7.81. The van der Waals surface area contributed by atoms with Crippen LogP contribution in [0, 0.1) is 0 Å². The van der Waals surface area contributed by atoms with Gasteiger partial charge < -0.3 is 20.7 Å². The highest BCUT2D eigenvalue weighted by Gasteiger charge is 2.13. The summed E-state index contributed by atoms with van der Waals surface area (Å²) in [6.45, 7) is 3.87. The Hall–Kier alpha value is -1.92. The van der Waals surface area contributed by atoms with Gasteiger partial charge >= 0.3 is 0 Å². The lowest BCUT2D eigenvalue weighted by molar-refractivity contribution is -0.860. The fourth-order valence-electron chi connectivity index (χ4n) is 2.11. The van der Waals surface area contributed by atoms with Gasteiger partial charge in [0.1, 0.15) is 0 Å². The van der Waals surface area contributed by atoms with Crippen molar-refractivity contribution in [2.45, 2.75) is 12.8 Å². The van der Waals surface area contributed by atoms with E-state index < -0.39 is 0 Å². The molecule has 1 aromatic carbocycles. The molecule has 0 spiro atoms. The lowest BCUT2D eigenvalue weighted by Gasteiger charge is -2.07. The van der Waals surface area contributed by atoms with E-state index in [2.05, 4.69) is 29.9 Å². The monoisotopic (exact) mass is 308 g/mol. The van der Waals surface area contributed by atoms with Crippen molar-refractivity contribution in [1.29, 1.82) is 0 Å². The number of benzene rings is 1. The van der Waals surface area contributed by atoms with E-state index in [4.69, 9.17) is 5.21 Å². The summed E-state index contributed by atoms with van der Waals surface area (Å²) in [6, 6.07) is 8.95. The van der Waals surface area contributed by atoms with Crippen LogP contribution in [0.2, 0.25) is 0 Å². The molecule has 22 heavy (non-hydrogen) atoms. The third-order valence-electron chi connectivity index (χ3n) is 3.32. The largest absolute Gasteiger partial charge is 0.410 e. The topological polar surface area (TPSA) is 82.7 Å². The Morgan fingerprint density at radius 2 is 1.91 bits per heavy atom. The van der Waals surface area contributed by atoms with Crippen LogP contribution < -0.4 is 15.5 Å². The number of hydrogen-bond donors (Lipinski definition) is 4. The third-order valence-corrected chi connectivity index (χ3v) is 3.32. The van der Waals surface area contributed by atoms with E-state index >= 15 is 0 Å². The van der Waals surface area contributed by atoms with Crippen molar-refractivity contribution in [2.75, 3.05) is 40.3 Å². The zero-order chi connectivity index (χ0) is 16.2. The number of carbonyl (C=O) groups is 1. The van der Waals surface area contributed by atoms with Gasteiger partial charge in [0.25, 0.3) is 5.91 Å². The normalized spacial score (nSPS) is 11.7. The minimum atomic E-state index is -0.343. The number of rotatable bonds is 10. The van der Waals surface area contributed by atoms with Gasteiger partial charge in [-0.15, -0.1) is 0 Å². The molecule has 6 heteroatoms. The fraction of sp³-hybridized carbons (Fsp3) is 0.500. The fourth-order valence-corrected chi connectivity index (χ4v) is 2.11. The molecule has 0 saturated carbocycles. The minimum Gasteiger partial charge on any atom is -0.410 e. The van der Waals surface area contributed by atoms with Crippen LogP contribution in [0.5, 0.6) is 0 Å². The molecule has 0 fully saturated rings. The second kappa shape index (κ2) is 10.8. The summed E-state index contributed by atoms with van der Waals surface area (Å²) in [7, 11) is 4.31. The second-order valence-corrected chi connectivity index (χ2v) is 5.60. The molecule has 0 saturated heterocycles. The van der Waals surface area contributed by atoms with E-state index in [-0.39, 0.29) is 11.6 Å². The average molecular weight is 308 g/mol. The molecule has 6 nitrogen and oxygen atoms in total. The van der Waals surface area contributed by atoms with Crippen molar-refractivity contribution in [1.82, 2.24) is 5.32 Å². The molecular weight excluding hydrogens is 280 g/mol. The standard InChI is InChI=1S/C16H26N4O2/c1-20(2)13-7-11-17-10-6-12-18-16(21)15(19-22)14-8-4-3-5-9-14/h3-5,8-9,17,22H,6-7,10-13H2,1-2H3,(H,18,21)/p+2. The van der Waals surface area contributed by atoms with E-state index in [1.807, 2.05) is 6.07 Å². The van der Waals surface area contributed by atoms with Crippen LogP contribution in [0.4, 0.5) is 0 Å². The molecular formula is C16H28N4O2+2. The van der Waals surface area contributed by atoms with Crippen LogP contribution in [-0.4, -0.2) is 57.1 Å². The van der Waals surface area contributed by atoms with Gasteiger partial charge in [0.05, 0.1) is 33.7 Å². The number of nitrogens with one attached hydrogen (secondary N) is 2. The highest BCUT2D eigenvalue weighted by Crippen LogP contribution is 2.01. The van der Waals surface area contributed by atoms with Gasteiger partial charge in [0.15, 0.2) is 5.71 Å². The summed E-state index contributed by atoms with van der Waals surface area (Å²) >= 11 is 0. The number of amides is 1. The van der Waals surface area contributed by atoms with E-state index in [0.29, 0.717) is 12.1 Å². The summed E-state index contributed by atoms with van der Waals surface area (Å²) < 4.78 is 0. The first-order valence-electron chi connectivity index (χ1n) is 7.81. The molecule has 0 aliphatic carbocycles. The summed E-state index contributed by atoms with van der Waals surface area (Å²) in [5.74, 6) is -0.343. The Morgan fingerprint density at radius 1 is 1.23 bits per heavy atom. The molecule has 1 amide bonds. The molecule has 0 heterocycles. The molecule has 1 rings (SSSR count). The van der Waals surface area contributed by atoms with Gasteiger partial charge in [-0.05, 0) is 0 Å². The van der Waals surface area contributed by atoms with Crippen LogP contribution >= 0.6 is 0 Å². The van der Waals surface area contributed by atoms with Crippen LogP contribution in [0.3, 0.4) is 0 Å². The molecule has 1 aromatic rings. The molecule has 0 aliphatic rings. The van der Waals surface area contributed by atoms with Crippen LogP contribution in [-0.2, 0) is 4.79 Å². The van der Waals surface area contributed by atoms with E-state index in [1.165, 1.54) is 17.9 Å². The molecule has 122 valence electrons. The highest BCUT2D eigenvalue weighted by molar-refractivity contribution is 6.45. The number of carbonyl (C=O) groups excluding carboxylic acids is 1. The van der Waals surface area contributed by atoms with Gasteiger partial charge in [-0.3, -0.25) is 4.79 Å². The Kier molecular flexibility index (Phi) is 8.86. The predicted octanol–water partition coefficient (Wildman–Crippen LogP) is -1.53. The van der Waals surface area contributed by atoms with Crippen molar-refractivity contribution in [3.05, 3.63) is 35.9 Å². The lowest BCUT2D eigenvalue weighted by atomic mass is 10.1. The SMILES string of the molecule is C[NH+](C)CCC[NH2+]CCCNC(=O)C(=NO)c1ccccc1. The number of quaternary nitrogens is 2. The minimum absolute atomic E-state index is 0.0542. The smallest absolute Gasteiger partial charge is 0.273 e. The molecule has 0 aromatic heterocycles. The number of nitrogens with zero attached hydrogens (tertiary/aromatic N) is 1. The number of oxime groups is 1. The zero-order valence-corrected chi connectivity index (χ0v) is 13.5. The van der Waals surface area contributed by atoms with E-state index in [1.54, 1.807) is 24.3 Å². The van der Waals surface area contributed by atoms with Crippen LogP contribution in [0.25, 0.3) is 0 Å². The highest BCUT2D eigenvalue weighted by atomic mass is 16.4. The number of hydrogen-bond acceptors (Lipinski definition) is 3.